The monoisotopic (exact) mass is 251 g/mol. The van der Waals surface area contributed by atoms with E-state index in [1.807, 2.05) is 7.05 Å². The third-order valence-corrected chi connectivity index (χ3v) is 3.27. The van der Waals surface area contributed by atoms with Gasteiger partial charge in [-0.3, -0.25) is 10.3 Å². The average Bonchev–Trinajstić information content (AvgIpc) is 2.29. The van der Waals surface area contributed by atoms with E-state index >= 15 is 0 Å². The van der Waals surface area contributed by atoms with Crippen LogP contribution in [0.5, 0.6) is 0 Å². The van der Waals surface area contributed by atoms with E-state index < -0.39 is 0 Å². The fraction of sp³-hybridized carbons (Fsp3) is 0.500. The van der Waals surface area contributed by atoms with Crippen LogP contribution in [0.2, 0.25) is 0 Å². The van der Waals surface area contributed by atoms with Gasteiger partial charge in [0.15, 0.2) is 0 Å². The number of nitrogen functional groups attached to an aromatic ring is 1. The Morgan fingerprint density at radius 2 is 1.94 bits per heavy atom. The molecule has 18 heavy (non-hydrogen) atoms. The molecule has 0 unspecified atom stereocenters. The summed E-state index contributed by atoms with van der Waals surface area (Å²) in [4.78, 5) is 2.21. The summed E-state index contributed by atoms with van der Waals surface area (Å²) in [6, 6.07) is 5.08. The van der Waals surface area contributed by atoms with Gasteiger partial charge in [-0.2, -0.15) is 0 Å². The molecule has 0 aliphatic rings. The highest BCUT2D eigenvalue weighted by atomic mass is 19.1. The molecule has 0 aromatic heterocycles. The topological polar surface area (TPSA) is 53.1 Å². The van der Waals surface area contributed by atoms with Gasteiger partial charge in [0.2, 0.25) is 0 Å². The fourth-order valence-corrected chi connectivity index (χ4v) is 2.23. The second-order valence-electron chi connectivity index (χ2n) is 4.65. The van der Waals surface area contributed by atoms with Gasteiger partial charge in [-0.05, 0) is 43.7 Å². The minimum absolute atomic E-state index is 0.0964. The summed E-state index contributed by atoms with van der Waals surface area (Å²) in [7, 11) is 2.04. The zero-order chi connectivity index (χ0) is 13.7. The molecule has 0 bridgehead atoms. The number of nitrogens with two attached hydrogens (primary N) is 1. The van der Waals surface area contributed by atoms with Gasteiger partial charge in [-0.25, -0.2) is 4.39 Å². The van der Waals surface area contributed by atoms with Crippen LogP contribution >= 0.6 is 0 Å². The highest BCUT2D eigenvalue weighted by Gasteiger charge is 2.12. The van der Waals surface area contributed by atoms with Gasteiger partial charge in [0.05, 0.1) is 0 Å². The fourth-order valence-electron chi connectivity index (χ4n) is 2.23. The first-order valence-electron chi connectivity index (χ1n) is 6.32. The van der Waals surface area contributed by atoms with Crippen molar-refractivity contribution >= 4 is 5.84 Å². The van der Waals surface area contributed by atoms with Crippen molar-refractivity contribution in [2.45, 2.75) is 39.3 Å². The Bertz CT molecular complexity index is 414. The molecule has 0 radical (unpaired) electrons. The third kappa shape index (κ3) is 3.81. The lowest BCUT2D eigenvalue weighted by atomic mass is 10.1. The number of hydrogen-bond donors (Lipinski definition) is 2. The molecule has 3 nitrogen and oxygen atoms in total. The maximum absolute atomic E-state index is 13.4. The maximum Gasteiger partial charge on any atom is 0.124 e. The van der Waals surface area contributed by atoms with Gasteiger partial charge in [0, 0.05) is 18.2 Å². The Hall–Kier alpha value is -1.42. The molecular formula is C14H22FN3. The molecule has 1 aromatic carbocycles. The molecule has 0 heterocycles. The van der Waals surface area contributed by atoms with Crippen LogP contribution in [0.3, 0.4) is 0 Å². The minimum atomic E-state index is -0.337. The molecule has 1 rings (SSSR count). The summed E-state index contributed by atoms with van der Waals surface area (Å²) in [5.41, 5.74) is 6.70. The average molecular weight is 251 g/mol. The van der Waals surface area contributed by atoms with Crippen LogP contribution in [-0.2, 0) is 6.54 Å². The lowest BCUT2D eigenvalue weighted by Crippen LogP contribution is -2.30. The Kier molecular flexibility index (Phi) is 5.28. The van der Waals surface area contributed by atoms with Crippen LogP contribution in [0.15, 0.2) is 18.2 Å². The summed E-state index contributed by atoms with van der Waals surface area (Å²) in [6.07, 6.45) is 2.14. The zero-order valence-corrected chi connectivity index (χ0v) is 11.3. The number of nitrogens with zero attached hydrogens (tertiary/aromatic N) is 1. The van der Waals surface area contributed by atoms with E-state index in [1.165, 1.54) is 12.1 Å². The predicted octanol–water partition coefficient (Wildman–Crippen LogP) is 2.73. The molecule has 100 valence electrons. The van der Waals surface area contributed by atoms with E-state index in [2.05, 4.69) is 18.7 Å². The zero-order valence-electron chi connectivity index (χ0n) is 11.3. The summed E-state index contributed by atoms with van der Waals surface area (Å²) in [6.45, 7) is 4.97. The molecule has 0 amide bonds. The van der Waals surface area contributed by atoms with Crippen molar-refractivity contribution in [1.82, 2.24) is 4.90 Å². The van der Waals surface area contributed by atoms with Crippen LogP contribution in [0.25, 0.3) is 0 Å². The molecule has 4 heteroatoms. The van der Waals surface area contributed by atoms with Crippen molar-refractivity contribution in [2.75, 3.05) is 7.05 Å². The summed E-state index contributed by atoms with van der Waals surface area (Å²) < 4.78 is 13.4. The minimum Gasteiger partial charge on any atom is -0.384 e. The standard InChI is InChI=1S/C14H22FN3/c1-4-13(5-2)18(3)9-10-6-11(14(16)17)8-12(15)7-10/h6-8,13H,4-5,9H2,1-3H3,(H3,16,17). The number of rotatable bonds is 6. The third-order valence-electron chi connectivity index (χ3n) is 3.27. The van der Waals surface area contributed by atoms with Gasteiger partial charge in [0.1, 0.15) is 11.7 Å². The van der Waals surface area contributed by atoms with Gasteiger partial charge in [-0.15, -0.1) is 0 Å². The molecule has 0 atom stereocenters. The Labute approximate surface area is 108 Å². The maximum atomic E-state index is 13.4. The SMILES string of the molecule is CCC(CC)N(C)Cc1cc(F)cc(C(=N)N)c1. The number of halogens is 1. The second kappa shape index (κ2) is 6.50. The molecular weight excluding hydrogens is 229 g/mol. The molecule has 0 fully saturated rings. The Morgan fingerprint density at radius 3 is 2.44 bits per heavy atom. The van der Waals surface area contributed by atoms with Crippen molar-refractivity contribution in [1.29, 1.82) is 5.41 Å². The highest BCUT2D eigenvalue weighted by molar-refractivity contribution is 5.95. The van der Waals surface area contributed by atoms with E-state index in [4.69, 9.17) is 11.1 Å². The second-order valence-corrected chi connectivity index (χ2v) is 4.65. The predicted molar refractivity (Wildman–Crippen MR) is 73.3 cm³/mol. The van der Waals surface area contributed by atoms with E-state index in [1.54, 1.807) is 6.07 Å². The van der Waals surface area contributed by atoms with Crippen molar-refractivity contribution in [3.8, 4) is 0 Å². The molecule has 3 N–H and O–H groups in total. The molecule has 1 aromatic rings. The molecule has 0 aliphatic heterocycles. The molecule has 0 saturated heterocycles. The van der Waals surface area contributed by atoms with Crippen LogP contribution < -0.4 is 5.73 Å². The largest absolute Gasteiger partial charge is 0.384 e. The van der Waals surface area contributed by atoms with Gasteiger partial charge in [-0.1, -0.05) is 13.8 Å². The van der Waals surface area contributed by atoms with Gasteiger partial charge >= 0.3 is 0 Å². The number of hydrogen-bond acceptors (Lipinski definition) is 2. The first-order valence-corrected chi connectivity index (χ1v) is 6.32. The van der Waals surface area contributed by atoms with E-state index in [0.29, 0.717) is 18.2 Å². The lowest BCUT2D eigenvalue weighted by molar-refractivity contribution is 0.221. The molecule has 0 spiro atoms. The highest BCUT2D eigenvalue weighted by Crippen LogP contribution is 2.14. The van der Waals surface area contributed by atoms with Crippen molar-refractivity contribution in [3.63, 3.8) is 0 Å². The van der Waals surface area contributed by atoms with Crippen molar-refractivity contribution < 1.29 is 4.39 Å². The van der Waals surface area contributed by atoms with E-state index in [0.717, 1.165) is 18.4 Å². The van der Waals surface area contributed by atoms with Crippen LogP contribution in [0.1, 0.15) is 37.8 Å². The molecule has 0 aliphatic carbocycles. The Balaban J connectivity index is 2.87. The first kappa shape index (κ1) is 14.6. The summed E-state index contributed by atoms with van der Waals surface area (Å²) in [5, 5.41) is 7.37. The Morgan fingerprint density at radius 1 is 1.33 bits per heavy atom. The quantitative estimate of drug-likeness (QED) is 0.603. The number of amidine groups is 1. The molecule has 0 saturated carbocycles. The lowest BCUT2D eigenvalue weighted by Gasteiger charge is -2.26. The normalized spacial score (nSPS) is 11.2. The van der Waals surface area contributed by atoms with Gasteiger partial charge in [0.25, 0.3) is 0 Å². The summed E-state index contributed by atoms with van der Waals surface area (Å²) in [5.74, 6) is -0.434. The number of benzene rings is 1. The van der Waals surface area contributed by atoms with Crippen LogP contribution in [-0.4, -0.2) is 23.8 Å². The van der Waals surface area contributed by atoms with Crippen molar-refractivity contribution in [2.24, 2.45) is 5.73 Å². The van der Waals surface area contributed by atoms with Crippen LogP contribution in [0.4, 0.5) is 4.39 Å². The van der Waals surface area contributed by atoms with E-state index in [-0.39, 0.29) is 11.7 Å². The van der Waals surface area contributed by atoms with E-state index in [9.17, 15) is 4.39 Å². The summed E-state index contributed by atoms with van der Waals surface area (Å²) >= 11 is 0. The first-order chi connectivity index (χ1) is 8.47. The van der Waals surface area contributed by atoms with Crippen molar-refractivity contribution in [3.05, 3.63) is 35.1 Å². The number of nitrogens with one attached hydrogen (secondary N) is 1. The smallest absolute Gasteiger partial charge is 0.124 e. The van der Waals surface area contributed by atoms with Crippen LogP contribution in [0, 0.1) is 11.2 Å². The van der Waals surface area contributed by atoms with Gasteiger partial charge < -0.3 is 5.73 Å².